The van der Waals surface area contributed by atoms with Crippen molar-refractivity contribution in [3.05, 3.63) is 35.9 Å². The molecule has 0 bridgehead atoms. The molecule has 0 aliphatic heterocycles. The summed E-state index contributed by atoms with van der Waals surface area (Å²) < 4.78 is 36.7. The standard InChI is InChI=1S/C7H8.2Cl2O2S/c1-7-5-3-2-4-6-7;2*1-5(2,3)4/h2-6H,1H3;;. The van der Waals surface area contributed by atoms with Crippen LogP contribution in [-0.4, -0.2) is 16.8 Å². The maximum Gasteiger partial charge on any atom is 0.317 e. The van der Waals surface area contributed by atoms with Gasteiger partial charge in [0.2, 0.25) is 0 Å². The van der Waals surface area contributed by atoms with Gasteiger partial charge in [-0.3, -0.25) is 0 Å². The van der Waals surface area contributed by atoms with Crippen LogP contribution in [0.25, 0.3) is 0 Å². The summed E-state index contributed by atoms with van der Waals surface area (Å²) in [6.45, 7) is 2.08. The molecule has 0 heterocycles. The quantitative estimate of drug-likeness (QED) is 0.664. The number of rotatable bonds is 0. The van der Waals surface area contributed by atoms with Gasteiger partial charge in [-0.1, -0.05) is 35.9 Å². The Bertz CT molecular complexity index is 452. The molecule has 100 valence electrons. The Labute approximate surface area is 118 Å². The first-order chi connectivity index (χ1) is 7.39. The first-order valence-corrected chi connectivity index (χ1v) is 9.97. The number of hydrogen-bond donors (Lipinski definition) is 0. The van der Waals surface area contributed by atoms with Gasteiger partial charge in [0.1, 0.15) is 0 Å². The van der Waals surface area contributed by atoms with E-state index in [2.05, 4.69) is 61.8 Å². The van der Waals surface area contributed by atoms with E-state index < -0.39 is 16.5 Å². The van der Waals surface area contributed by atoms with Gasteiger partial charge in [-0.15, -0.1) is 0 Å². The van der Waals surface area contributed by atoms with E-state index in [1.807, 2.05) is 18.2 Å². The third-order valence-electron chi connectivity index (χ3n) is 0.940. The highest BCUT2D eigenvalue weighted by molar-refractivity contribution is 8.31. The molecular formula is C7H8Cl4O4S2. The molecule has 0 saturated heterocycles. The highest BCUT2D eigenvalue weighted by Crippen LogP contribution is 1.99. The second-order valence-electron chi connectivity index (χ2n) is 2.41. The molecule has 10 heteroatoms. The third kappa shape index (κ3) is 48.4. The van der Waals surface area contributed by atoms with Gasteiger partial charge >= 0.3 is 16.5 Å². The zero-order valence-corrected chi connectivity index (χ0v) is 13.0. The zero-order valence-electron chi connectivity index (χ0n) is 8.35. The molecule has 1 rings (SSSR count). The van der Waals surface area contributed by atoms with Crippen molar-refractivity contribution in [2.45, 2.75) is 6.92 Å². The van der Waals surface area contributed by atoms with Crippen LogP contribution in [-0.2, 0) is 16.5 Å². The van der Waals surface area contributed by atoms with E-state index in [4.69, 9.17) is 16.8 Å². The molecule has 0 fully saturated rings. The predicted molar refractivity (Wildman–Crippen MR) is 72.4 cm³/mol. The van der Waals surface area contributed by atoms with Crippen molar-refractivity contribution in [1.82, 2.24) is 0 Å². The molecule has 0 atom stereocenters. The molecule has 0 saturated carbocycles. The summed E-state index contributed by atoms with van der Waals surface area (Å²) in [5.41, 5.74) is 1.32. The minimum Gasteiger partial charge on any atom is -0.195 e. The highest BCUT2D eigenvalue weighted by Gasteiger charge is 1.89. The van der Waals surface area contributed by atoms with Gasteiger partial charge < -0.3 is 0 Å². The summed E-state index contributed by atoms with van der Waals surface area (Å²) in [4.78, 5) is 0. The second-order valence-corrected chi connectivity index (χ2v) is 9.75. The molecule has 0 N–H and O–H groups in total. The summed E-state index contributed by atoms with van der Waals surface area (Å²) in [5.74, 6) is 0. The van der Waals surface area contributed by atoms with Crippen LogP contribution in [0.1, 0.15) is 5.56 Å². The average molecular weight is 362 g/mol. The first kappa shape index (κ1) is 19.6. The van der Waals surface area contributed by atoms with Crippen LogP contribution in [0.3, 0.4) is 0 Å². The van der Waals surface area contributed by atoms with Crippen molar-refractivity contribution >= 4 is 59.3 Å². The number of benzene rings is 1. The summed E-state index contributed by atoms with van der Waals surface area (Å²) in [6, 6.07) is 10.3. The second kappa shape index (κ2) is 9.24. The van der Waals surface area contributed by atoms with Gasteiger partial charge in [0.05, 0.1) is 0 Å². The van der Waals surface area contributed by atoms with Crippen LogP contribution >= 0.6 is 42.7 Å². The largest absolute Gasteiger partial charge is 0.317 e. The van der Waals surface area contributed by atoms with Gasteiger partial charge in [-0.25, -0.2) is 0 Å². The summed E-state index contributed by atoms with van der Waals surface area (Å²) in [7, 11) is 9.63. The lowest BCUT2D eigenvalue weighted by Crippen LogP contribution is -1.63. The molecule has 0 unspecified atom stereocenters. The van der Waals surface area contributed by atoms with Crippen molar-refractivity contribution in [2.24, 2.45) is 0 Å². The molecular weight excluding hydrogens is 354 g/mol. The van der Waals surface area contributed by atoms with E-state index in [1.54, 1.807) is 0 Å². The van der Waals surface area contributed by atoms with Crippen LogP contribution in [0.2, 0.25) is 0 Å². The van der Waals surface area contributed by atoms with Gasteiger partial charge in [-0.2, -0.15) is 16.8 Å². The molecule has 0 radical (unpaired) electrons. The van der Waals surface area contributed by atoms with Gasteiger partial charge in [-0.05, 0) is 6.92 Å². The lowest BCUT2D eigenvalue weighted by molar-refractivity contribution is 0.620. The van der Waals surface area contributed by atoms with Crippen molar-refractivity contribution < 1.29 is 16.8 Å². The Morgan fingerprint density at radius 1 is 0.765 bits per heavy atom. The number of aryl methyl sites for hydroxylation is 1. The lowest BCUT2D eigenvalue weighted by Gasteiger charge is -1.82. The molecule has 1 aromatic carbocycles. The minimum absolute atomic E-state index is 1.32. The SMILES string of the molecule is Cc1ccccc1.O=S(=O)(Cl)Cl.O=S(=O)(Cl)Cl. The minimum atomic E-state index is -3.72. The summed E-state index contributed by atoms with van der Waals surface area (Å²) in [6.07, 6.45) is 0. The van der Waals surface area contributed by atoms with E-state index in [0.29, 0.717) is 0 Å². The molecule has 17 heavy (non-hydrogen) atoms. The van der Waals surface area contributed by atoms with Gasteiger partial charge in [0.15, 0.2) is 0 Å². The van der Waals surface area contributed by atoms with Gasteiger partial charge in [0, 0.05) is 42.7 Å². The van der Waals surface area contributed by atoms with E-state index in [-0.39, 0.29) is 0 Å². The van der Waals surface area contributed by atoms with Crippen LogP contribution in [0, 0.1) is 6.92 Å². The van der Waals surface area contributed by atoms with E-state index in [9.17, 15) is 0 Å². The number of halogens is 4. The molecule has 0 aromatic heterocycles. The van der Waals surface area contributed by atoms with E-state index in [0.717, 1.165) is 0 Å². The Morgan fingerprint density at radius 3 is 1.12 bits per heavy atom. The fourth-order valence-corrected chi connectivity index (χ4v) is 0.534. The monoisotopic (exact) mass is 360 g/mol. The number of hydrogen-bond acceptors (Lipinski definition) is 4. The van der Waals surface area contributed by atoms with Crippen LogP contribution < -0.4 is 0 Å². The van der Waals surface area contributed by atoms with Crippen LogP contribution in [0.4, 0.5) is 0 Å². The predicted octanol–water partition coefficient (Wildman–Crippen LogP) is 3.41. The van der Waals surface area contributed by atoms with Gasteiger partial charge in [0.25, 0.3) is 0 Å². The van der Waals surface area contributed by atoms with Crippen molar-refractivity contribution in [1.29, 1.82) is 0 Å². The topological polar surface area (TPSA) is 68.3 Å². The molecule has 0 spiro atoms. The third-order valence-corrected chi connectivity index (χ3v) is 0.940. The first-order valence-electron chi connectivity index (χ1n) is 3.69. The van der Waals surface area contributed by atoms with E-state index >= 15 is 0 Å². The normalized spacial score (nSPS) is 10.4. The smallest absolute Gasteiger partial charge is 0.195 e. The Balaban J connectivity index is 0. The molecule has 1 aromatic rings. The van der Waals surface area contributed by atoms with E-state index in [1.165, 1.54) is 5.56 Å². The molecule has 0 amide bonds. The average Bonchev–Trinajstić information content (AvgIpc) is 1.98. The van der Waals surface area contributed by atoms with Crippen LogP contribution in [0.15, 0.2) is 30.3 Å². The fourth-order valence-electron chi connectivity index (χ4n) is 0.534. The van der Waals surface area contributed by atoms with Crippen LogP contribution in [0.5, 0.6) is 0 Å². The maximum absolute atomic E-state index is 9.16. The van der Waals surface area contributed by atoms with Crippen molar-refractivity contribution in [3.8, 4) is 0 Å². The summed E-state index contributed by atoms with van der Waals surface area (Å²) >= 11 is 0. The Morgan fingerprint density at radius 2 is 1.00 bits per heavy atom. The molecule has 0 aliphatic rings. The Kier molecular flexibility index (Phi) is 10.7. The molecule has 0 aliphatic carbocycles. The lowest BCUT2D eigenvalue weighted by atomic mass is 10.2. The molecule has 4 nitrogen and oxygen atoms in total. The zero-order chi connectivity index (χ0) is 14.1. The Hall–Kier alpha value is 0.280. The van der Waals surface area contributed by atoms with Crippen molar-refractivity contribution in [2.75, 3.05) is 0 Å². The fraction of sp³-hybridized carbons (Fsp3) is 0.143. The van der Waals surface area contributed by atoms with Crippen molar-refractivity contribution in [3.63, 3.8) is 0 Å². The maximum atomic E-state index is 9.16. The summed E-state index contributed by atoms with van der Waals surface area (Å²) in [5, 5.41) is 0. The highest BCUT2D eigenvalue weighted by atomic mass is 36.0.